The van der Waals surface area contributed by atoms with Crippen LogP contribution >= 0.6 is 11.3 Å². The topological polar surface area (TPSA) is 30.5 Å². The molecule has 3 nitrogen and oxygen atoms in total. The van der Waals surface area contributed by atoms with E-state index < -0.39 is 0 Å². The Kier molecular flexibility index (Phi) is 3.34. The number of benzene rings is 1. The minimum Gasteiger partial charge on any atom is -0.486 e. The van der Waals surface area contributed by atoms with Gasteiger partial charge in [0.25, 0.3) is 0 Å². The summed E-state index contributed by atoms with van der Waals surface area (Å²) in [5, 5.41) is 3.44. The third kappa shape index (κ3) is 2.68. The molecule has 1 aliphatic rings. The number of thiophene rings is 1. The predicted octanol–water partition coefficient (Wildman–Crippen LogP) is 3.75. The van der Waals surface area contributed by atoms with Gasteiger partial charge in [0.2, 0.25) is 0 Å². The Morgan fingerprint density at radius 3 is 2.63 bits per heavy atom. The van der Waals surface area contributed by atoms with Gasteiger partial charge in [-0.05, 0) is 37.6 Å². The minimum atomic E-state index is 0.624. The fraction of sp³-hybridized carbons (Fsp3) is 0.333. The molecule has 0 fully saturated rings. The molecule has 1 N–H and O–H groups in total. The number of ether oxygens (including phenoxy) is 2. The molecule has 0 bridgehead atoms. The van der Waals surface area contributed by atoms with E-state index in [2.05, 4.69) is 25.2 Å². The third-order valence-corrected chi connectivity index (χ3v) is 4.18. The fourth-order valence-corrected chi connectivity index (χ4v) is 3.16. The van der Waals surface area contributed by atoms with E-state index in [9.17, 15) is 0 Å². The Morgan fingerprint density at radius 2 is 1.89 bits per heavy atom. The van der Waals surface area contributed by atoms with Gasteiger partial charge < -0.3 is 14.8 Å². The van der Waals surface area contributed by atoms with E-state index in [4.69, 9.17) is 9.47 Å². The first-order valence-corrected chi connectivity index (χ1v) is 7.23. The maximum absolute atomic E-state index is 5.58. The second-order valence-corrected chi connectivity index (χ2v) is 6.11. The zero-order valence-corrected chi connectivity index (χ0v) is 12.0. The summed E-state index contributed by atoms with van der Waals surface area (Å²) < 4.78 is 11.1. The van der Waals surface area contributed by atoms with Crippen LogP contribution < -0.4 is 14.8 Å². The van der Waals surface area contributed by atoms with Crippen LogP contribution in [-0.2, 0) is 6.54 Å². The Bertz CT molecular complexity index is 592. The molecule has 0 saturated carbocycles. The van der Waals surface area contributed by atoms with Gasteiger partial charge in [0.05, 0.1) is 0 Å². The summed E-state index contributed by atoms with van der Waals surface area (Å²) in [5.74, 6) is 1.66. The van der Waals surface area contributed by atoms with E-state index in [0.29, 0.717) is 13.2 Å². The first kappa shape index (κ1) is 12.4. The van der Waals surface area contributed by atoms with Crippen LogP contribution in [-0.4, -0.2) is 13.2 Å². The molecule has 0 amide bonds. The molecule has 2 aromatic rings. The van der Waals surface area contributed by atoms with E-state index in [1.165, 1.54) is 15.3 Å². The van der Waals surface area contributed by atoms with E-state index in [0.717, 1.165) is 23.7 Å². The lowest BCUT2D eigenvalue weighted by molar-refractivity contribution is 0.171. The average Bonchev–Trinajstić information content (AvgIpc) is 2.74. The summed E-state index contributed by atoms with van der Waals surface area (Å²) in [6.07, 6.45) is 0. The highest BCUT2D eigenvalue weighted by molar-refractivity contribution is 7.12. The van der Waals surface area contributed by atoms with Crippen molar-refractivity contribution in [2.24, 2.45) is 0 Å². The quantitative estimate of drug-likeness (QED) is 0.925. The summed E-state index contributed by atoms with van der Waals surface area (Å²) >= 11 is 1.84. The molecule has 1 aliphatic heterocycles. The molecule has 2 heterocycles. The number of rotatable bonds is 3. The first-order valence-electron chi connectivity index (χ1n) is 6.42. The summed E-state index contributed by atoms with van der Waals surface area (Å²) in [6, 6.07) is 8.23. The van der Waals surface area contributed by atoms with Crippen molar-refractivity contribution in [3.05, 3.63) is 39.6 Å². The van der Waals surface area contributed by atoms with Crippen molar-refractivity contribution < 1.29 is 9.47 Å². The van der Waals surface area contributed by atoms with Crippen LogP contribution in [0.25, 0.3) is 0 Å². The zero-order valence-electron chi connectivity index (χ0n) is 11.2. The van der Waals surface area contributed by atoms with Gasteiger partial charge in [0.15, 0.2) is 11.5 Å². The number of aryl methyl sites for hydroxylation is 2. The monoisotopic (exact) mass is 275 g/mol. The van der Waals surface area contributed by atoms with E-state index in [-0.39, 0.29) is 0 Å². The molecule has 0 atom stereocenters. The van der Waals surface area contributed by atoms with Gasteiger partial charge in [-0.2, -0.15) is 0 Å². The van der Waals surface area contributed by atoms with Gasteiger partial charge in [-0.25, -0.2) is 0 Å². The van der Waals surface area contributed by atoms with Crippen LogP contribution in [0.3, 0.4) is 0 Å². The molecule has 0 unspecified atom stereocenters. The molecule has 100 valence electrons. The lowest BCUT2D eigenvalue weighted by Gasteiger charge is -2.19. The number of nitrogens with one attached hydrogen (secondary N) is 1. The number of hydrogen-bond acceptors (Lipinski definition) is 4. The van der Waals surface area contributed by atoms with Crippen LogP contribution in [0.4, 0.5) is 5.69 Å². The molecule has 0 radical (unpaired) electrons. The second kappa shape index (κ2) is 5.13. The third-order valence-electron chi connectivity index (χ3n) is 3.17. The molecule has 1 aromatic heterocycles. The Morgan fingerprint density at radius 1 is 1.11 bits per heavy atom. The smallest absolute Gasteiger partial charge is 0.163 e. The van der Waals surface area contributed by atoms with Crippen molar-refractivity contribution in [3.8, 4) is 11.5 Å². The Hall–Kier alpha value is -1.68. The van der Waals surface area contributed by atoms with Crippen LogP contribution in [0, 0.1) is 13.8 Å². The Balaban J connectivity index is 1.71. The van der Waals surface area contributed by atoms with Gasteiger partial charge in [-0.15, -0.1) is 11.3 Å². The average molecular weight is 275 g/mol. The van der Waals surface area contributed by atoms with Crippen molar-refractivity contribution in [2.75, 3.05) is 18.5 Å². The lowest BCUT2D eigenvalue weighted by Crippen LogP contribution is -2.15. The summed E-state index contributed by atoms with van der Waals surface area (Å²) in [7, 11) is 0. The van der Waals surface area contributed by atoms with Gasteiger partial charge in [0, 0.05) is 28.1 Å². The van der Waals surface area contributed by atoms with Crippen molar-refractivity contribution in [1.29, 1.82) is 0 Å². The van der Waals surface area contributed by atoms with E-state index >= 15 is 0 Å². The SMILES string of the molecule is Cc1cc(CNc2ccc3c(c2)OCCO3)c(C)s1. The van der Waals surface area contributed by atoms with E-state index in [1.807, 2.05) is 29.5 Å². The highest BCUT2D eigenvalue weighted by atomic mass is 32.1. The zero-order chi connectivity index (χ0) is 13.2. The van der Waals surface area contributed by atoms with Crippen LogP contribution in [0.15, 0.2) is 24.3 Å². The maximum atomic E-state index is 5.58. The predicted molar refractivity (Wildman–Crippen MR) is 78.6 cm³/mol. The number of anilines is 1. The second-order valence-electron chi connectivity index (χ2n) is 4.65. The summed E-state index contributed by atoms with van der Waals surface area (Å²) in [4.78, 5) is 2.74. The van der Waals surface area contributed by atoms with Gasteiger partial charge in [-0.1, -0.05) is 0 Å². The standard InChI is InChI=1S/C15H17NO2S/c1-10-7-12(11(2)19-10)9-16-13-3-4-14-15(8-13)18-6-5-17-14/h3-4,7-8,16H,5-6,9H2,1-2H3. The number of fused-ring (bicyclic) bond motifs is 1. The molecule has 19 heavy (non-hydrogen) atoms. The lowest BCUT2D eigenvalue weighted by atomic mass is 10.2. The van der Waals surface area contributed by atoms with Crippen molar-refractivity contribution in [1.82, 2.24) is 0 Å². The molecule has 1 aromatic carbocycles. The van der Waals surface area contributed by atoms with Crippen molar-refractivity contribution >= 4 is 17.0 Å². The molecular weight excluding hydrogens is 258 g/mol. The van der Waals surface area contributed by atoms with E-state index in [1.54, 1.807) is 0 Å². The molecule has 0 spiro atoms. The maximum Gasteiger partial charge on any atom is 0.163 e. The van der Waals surface area contributed by atoms with Crippen LogP contribution in [0.5, 0.6) is 11.5 Å². The molecule has 0 aliphatic carbocycles. The van der Waals surface area contributed by atoms with Gasteiger partial charge >= 0.3 is 0 Å². The van der Waals surface area contributed by atoms with Crippen molar-refractivity contribution in [2.45, 2.75) is 20.4 Å². The highest BCUT2D eigenvalue weighted by Crippen LogP contribution is 2.33. The Labute approximate surface area is 117 Å². The molecular formula is C15H17NO2S. The minimum absolute atomic E-state index is 0.624. The highest BCUT2D eigenvalue weighted by Gasteiger charge is 2.11. The largest absolute Gasteiger partial charge is 0.486 e. The van der Waals surface area contributed by atoms with Crippen LogP contribution in [0.1, 0.15) is 15.3 Å². The summed E-state index contributed by atoms with van der Waals surface area (Å²) in [5.41, 5.74) is 2.42. The molecule has 3 rings (SSSR count). The number of hydrogen-bond donors (Lipinski definition) is 1. The normalized spacial score (nSPS) is 13.4. The van der Waals surface area contributed by atoms with Crippen molar-refractivity contribution in [3.63, 3.8) is 0 Å². The fourth-order valence-electron chi connectivity index (χ4n) is 2.21. The summed E-state index contributed by atoms with van der Waals surface area (Å²) in [6.45, 7) is 6.41. The molecule has 4 heteroatoms. The van der Waals surface area contributed by atoms with Crippen LogP contribution in [0.2, 0.25) is 0 Å². The van der Waals surface area contributed by atoms with Gasteiger partial charge in [-0.3, -0.25) is 0 Å². The van der Waals surface area contributed by atoms with Gasteiger partial charge in [0.1, 0.15) is 13.2 Å². The molecule has 0 saturated heterocycles. The first-order chi connectivity index (χ1) is 9.22.